The number of hydrogen-bond donors (Lipinski definition) is 0. The quantitative estimate of drug-likeness (QED) is 0.346. The molecule has 0 amide bonds. The summed E-state index contributed by atoms with van der Waals surface area (Å²) in [4.78, 5) is 0.131. The minimum absolute atomic E-state index is 0.0653. The Hall–Kier alpha value is 2.03. The zero-order chi connectivity index (χ0) is 12.6. The fraction of sp³-hybridized carbons (Fsp3) is 1.00. The van der Waals surface area contributed by atoms with Crippen molar-refractivity contribution in [2.75, 3.05) is 31.0 Å². The van der Waals surface area contributed by atoms with Crippen LogP contribution in [0.25, 0.3) is 0 Å². The van der Waals surface area contributed by atoms with Crippen molar-refractivity contribution in [3.8, 4) is 0 Å². The van der Waals surface area contributed by atoms with E-state index >= 15 is 0 Å². The molecule has 16 heavy (non-hydrogen) atoms. The van der Waals surface area contributed by atoms with Gasteiger partial charge in [0.15, 0.2) is 0 Å². The van der Waals surface area contributed by atoms with Crippen LogP contribution in [-0.2, 0) is 18.1 Å². The summed E-state index contributed by atoms with van der Waals surface area (Å²) in [7, 11) is -2.13. The summed E-state index contributed by atoms with van der Waals surface area (Å²) in [6.45, 7) is 0.495. The maximum atomic E-state index is 11.9. The van der Waals surface area contributed by atoms with Gasteiger partial charge in [0, 0.05) is 27.4 Å². The molecule has 98 valence electrons. The molecule has 0 aromatic rings. The SMILES string of the molecule is COP(=O)(OCC(Br)CBr)OCC(Br)CBr. The van der Waals surface area contributed by atoms with E-state index in [1.165, 1.54) is 7.11 Å². The van der Waals surface area contributed by atoms with Gasteiger partial charge in [-0.1, -0.05) is 63.7 Å². The second-order valence-electron chi connectivity index (χ2n) is 2.72. The first-order chi connectivity index (χ1) is 7.47. The van der Waals surface area contributed by atoms with Crippen LogP contribution in [0.2, 0.25) is 0 Å². The number of alkyl halides is 4. The average molecular weight is 512 g/mol. The average Bonchev–Trinajstić information content (AvgIpc) is 2.32. The predicted octanol–water partition coefficient (Wildman–Crippen LogP) is 4.09. The summed E-state index contributed by atoms with van der Waals surface area (Å²) in [5.41, 5.74) is 0. The maximum absolute atomic E-state index is 11.9. The van der Waals surface area contributed by atoms with Crippen molar-refractivity contribution in [3.63, 3.8) is 0 Å². The van der Waals surface area contributed by atoms with Crippen LogP contribution in [0.1, 0.15) is 0 Å². The van der Waals surface area contributed by atoms with Crippen molar-refractivity contribution in [2.24, 2.45) is 0 Å². The van der Waals surface area contributed by atoms with Gasteiger partial charge in [0.25, 0.3) is 0 Å². The molecule has 2 unspecified atom stereocenters. The number of phosphoric ester groups is 1. The Labute approximate surface area is 129 Å². The van der Waals surface area contributed by atoms with Gasteiger partial charge < -0.3 is 0 Å². The van der Waals surface area contributed by atoms with E-state index in [-0.39, 0.29) is 22.9 Å². The molecule has 0 radical (unpaired) electrons. The van der Waals surface area contributed by atoms with Gasteiger partial charge in [0.05, 0.1) is 13.2 Å². The van der Waals surface area contributed by atoms with Crippen LogP contribution >= 0.6 is 71.5 Å². The van der Waals surface area contributed by atoms with Crippen LogP contribution < -0.4 is 0 Å². The molecule has 0 aliphatic rings. The van der Waals surface area contributed by atoms with Crippen molar-refractivity contribution in [1.29, 1.82) is 0 Å². The van der Waals surface area contributed by atoms with Gasteiger partial charge in [0.1, 0.15) is 0 Å². The molecular formula is C7H13Br4O4P. The Balaban J connectivity index is 4.05. The fourth-order valence-corrected chi connectivity index (χ4v) is 2.63. The third-order valence-corrected chi connectivity index (χ3v) is 7.24. The minimum atomic E-state index is -3.44. The van der Waals surface area contributed by atoms with Crippen LogP contribution in [0.3, 0.4) is 0 Å². The largest absolute Gasteiger partial charge is 0.474 e. The molecule has 0 aromatic heterocycles. The Kier molecular flexibility index (Phi) is 11.2. The molecule has 0 saturated carbocycles. The second-order valence-corrected chi connectivity index (χ2v) is 8.39. The van der Waals surface area contributed by atoms with Crippen molar-refractivity contribution < 1.29 is 18.1 Å². The van der Waals surface area contributed by atoms with E-state index in [2.05, 4.69) is 63.7 Å². The van der Waals surface area contributed by atoms with Gasteiger partial charge in [-0.3, -0.25) is 13.6 Å². The standard InChI is InChI=1S/C7H13Br4O4P/c1-13-16(12,14-4-6(10)2-8)15-5-7(11)3-9/h6-7H,2-5H2,1H3. The minimum Gasteiger partial charge on any atom is -0.290 e. The second kappa shape index (κ2) is 9.89. The van der Waals surface area contributed by atoms with Gasteiger partial charge in [-0.05, 0) is 0 Å². The molecule has 4 nitrogen and oxygen atoms in total. The zero-order valence-corrected chi connectivity index (χ0v) is 15.8. The first-order valence-corrected chi connectivity index (χ1v) is 9.85. The lowest BCUT2D eigenvalue weighted by Crippen LogP contribution is -2.13. The highest BCUT2D eigenvalue weighted by molar-refractivity contribution is 9.12. The summed E-state index contributed by atoms with van der Waals surface area (Å²) >= 11 is 13.2. The van der Waals surface area contributed by atoms with E-state index in [9.17, 15) is 4.57 Å². The molecule has 0 fully saturated rings. The molecule has 0 aliphatic heterocycles. The smallest absolute Gasteiger partial charge is 0.290 e. The van der Waals surface area contributed by atoms with Gasteiger partial charge in [-0.2, -0.15) is 0 Å². The van der Waals surface area contributed by atoms with Crippen LogP contribution in [0, 0.1) is 0 Å². The summed E-state index contributed by atoms with van der Waals surface area (Å²) in [6.07, 6.45) is 0. The molecule has 0 N–H and O–H groups in total. The molecule has 0 aromatic carbocycles. The molecule has 2 atom stereocenters. The Bertz CT molecular complexity index is 212. The van der Waals surface area contributed by atoms with E-state index < -0.39 is 7.82 Å². The molecule has 0 saturated heterocycles. The zero-order valence-electron chi connectivity index (χ0n) is 8.58. The van der Waals surface area contributed by atoms with Crippen molar-refractivity contribution in [2.45, 2.75) is 9.65 Å². The molecule has 9 heteroatoms. The number of hydrogen-bond acceptors (Lipinski definition) is 4. The summed E-state index contributed by atoms with van der Waals surface area (Å²) in [5.74, 6) is 0. The highest BCUT2D eigenvalue weighted by Crippen LogP contribution is 2.49. The monoisotopic (exact) mass is 508 g/mol. The molecule has 0 bridgehead atoms. The topological polar surface area (TPSA) is 44.8 Å². The lowest BCUT2D eigenvalue weighted by molar-refractivity contribution is 0.135. The van der Waals surface area contributed by atoms with Gasteiger partial charge >= 0.3 is 7.82 Å². The molecule has 0 spiro atoms. The Morgan fingerprint density at radius 1 is 1.06 bits per heavy atom. The fourth-order valence-electron chi connectivity index (χ4n) is 0.576. The Morgan fingerprint density at radius 3 is 1.69 bits per heavy atom. The van der Waals surface area contributed by atoms with Crippen molar-refractivity contribution >= 4 is 71.5 Å². The van der Waals surface area contributed by atoms with Gasteiger partial charge in [-0.25, -0.2) is 4.57 Å². The van der Waals surface area contributed by atoms with Crippen molar-refractivity contribution in [3.05, 3.63) is 0 Å². The Morgan fingerprint density at radius 2 is 1.44 bits per heavy atom. The third kappa shape index (κ3) is 8.19. The van der Waals surface area contributed by atoms with Crippen LogP contribution in [-0.4, -0.2) is 40.6 Å². The lowest BCUT2D eigenvalue weighted by Gasteiger charge is -2.18. The summed E-state index contributed by atoms with van der Waals surface area (Å²) in [5, 5.41) is 1.39. The normalized spacial score (nSPS) is 19.1. The third-order valence-electron chi connectivity index (χ3n) is 1.39. The molecule has 0 rings (SSSR count). The molecule has 0 aliphatic carbocycles. The van der Waals surface area contributed by atoms with Gasteiger partial charge in [0.2, 0.25) is 0 Å². The highest BCUT2D eigenvalue weighted by atomic mass is 79.9. The van der Waals surface area contributed by atoms with E-state index in [1.807, 2.05) is 0 Å². The molecule has 0 heterocycles. The summed E-state index contributed by atoms with van der Waals surface area (Å²) < 4.78 is 26.9. The lowest BCUT2D eigenvalue weighted by atomic mass is 10.5. The number of rotatable bonds is 9. The van der Waals surface area contributed by atoms with Crippen molar-refractivity contribution in [1.82, 2.24) is 0 Å². The first-order valence-electron chi connectivity index (χ1n) is 4.32. The van der Waals surface area contributed by atoms with E-state index in [0.717, 1.165) is 0 Å². The predicted molar refractivity (Wildman–Crippen MR) is 79.5 cm³/mol. The van der Waals surface area contributed by atoms with E-state index in [1.54, 1.807) is 0 Å². The highest BCUT2D eigenvalue weighted by Gasteiger charge is 2.26. The van der Waals surface area contributed by atoms with Crippen LogP contribution in [0.5, 0.6) is 0 Å². The maximum Gasteiger partial charge on any atom is 0.474 e. The van der Waals surface area contributed by atoms with Crippen LogP contribution in [0.4, 0.5) is 0 Å². The summed E-state index contributed by atoms with van der Waals surface area (Å²) in [6, 6.07) is 0. The van der Waals surface area contributed by atoms with Gasteiger partial charge in [-0.15, -0.1) is 0 Å². The van der Waals surface area contributed by atoms with E-state index in [4.69, 9.17) is 13.6 Å². The number of phosphoric acid groups is 1. The van der Waals surface area contributed by atoms with E-state index in [0.29, 0.717) is 10.7 Å². The number of halogens is 4. The first kappa shape index (κ1) is 18.0. The molecular weight excluding hydrogens is 499 g/mol. The van der Waals surface area contributed by atoms with Crippen LogP contribution in [0.15, 0.2) is 0 Å².